The molecule has 0 aromatic carbocycles. The molecular weight excluding hydrogens is 294 g/mol. The molecule has 3 rings (SSSR count). The smallest absolute Gasteiger partial charge is 0.250 e. The zero-order valence-electron chi connectivity index (χ0n) is 13.5. The summed E-state index contributed by atoms with van der Waals surface area (Å²) in [5, 5.41) is 8.06. The molecule has 3 heterocycles. The highest BCUT2D eigenvalue weighted by Crippen LogP contribution is 2.28. The lowest BCUT2D eigenvalue weighted by Crippen LogP contribution is -2.44. The first kappa shape index (κ1) is 15.5. The summed E-state index contributed by atoms with van der Waals surface area (Å²) in [4.78, 5) is 26.0. The molecule has 23 heavy (non-hydrogen) atoms. The minimum atomic E-state index is -0.0862. The van der Waals surface area contributed by atoms with Gasteiger partial charge in [0, 0.05) is 24.3 Å². The number of nitrogens with zero attached hydrogens (tertiary/aromatic N) is 5. The maximum atomic E-state index is 12.4. The summed E-state index contributed by atoms with van der Waals surface area (Å²) in [7, 11) is 0. The number of pyridine rings is 1. The van der Waals surface area contributed by atoms with Crippen LogP contribution in [-0.2, 0) is 17.9 Å². The van der Waals surface area contributed by atoms with Crippen molar-refractivity contribution in [1.82, 2.24) is 24.5 Å². The Kier molecular flexibility index (Phi) is 4.02. The molecule has 0 unspecified atom stereocenters. The second kappa shape index (κ2) is 5.98. The predicted molar refractivity (Wildman–Crippen MR) is 84.9 cm³/mol. The van der Waals surface area contributed by atoms with Gasteiger partial charge in [-0.3, -0.25) is 9.59 Å². The van der Waals surface area contributed by atoms with Crippen LogP contribution < -0.4 is 5.56 Å². The quantitative estimate of drug-likeness (QED) is 0.840. The van der Waals surface area contributed by atoms with Crippen molar-refractivity contribution < 1.29 is 4.79 Å². The third-order valence-corrected chi connectivity index (χ3v) is 4.32. The van der Waals surface area contributed by atoms with Gasteiger partial charge in [-0.2, -0.15) is 0 Å². The Balaban J connectivity index is 1.67. The minimum Gasteiger partial charge on any atom is -0.336 e. The molecule has 0 radical (unpaired) electrons. The van der Waals surface area contributed by atoms with E-state index in [0.29, 0.717) is 12.2 Å². The van der Waals surface area contributed by atoms with E-state index in [4.69, 9.17) is 0 Å². The van der Waals surface area contributed by atoms with Crippen LogP contribution in [0.2, 0.25) is 0 Å². The van der Waals surface area contributed by atoms with E-state index in [1.807, 2.05) is 4.90 Å². The molecule has 0 saturated carbocycles. The normalized spacial score (nSPS) is 16.7. The van der Waals surface area contributed by atoms with Crippen molar-refractivity contribution in [2.75, 3.05) is 6.54 Å². The van der Waals surface area contributed by atoms with Gasteiger partial charge >= 0.3 is 0 Å². The Morgan fingerprint density at radius 2 is 2.17 bits per heavy atom. The Labute approximate surface area is 134 Å². The van der Waals surface area contributed by atoms with Crippen molar-refractivity contribution in [3.8, 4) is 0 Å². The molecule has 2 aromatic heterocycles. The molecule has 1 amide bonds. The second-order valence-corrected chi connectivity index (χ2v) is 6.54. The maximum Gasteiger partial charge on any atom is 0.250 e. The average Bonchev–Trinajstić information content (AvgIpc) is 3.07. The number of aromatic nitrogens is 4. The summed E-state index contributed by atoms with van der Waals surface area (Å²) in [5.74, 6) is 0.0563. The summed E-state index contributed by atoms with van der Waals surface area (Å²) in [6.45, 7) is 5.51. The van der Waals surface area contributed by atoms with Crippen LogP contribution in [0, 0.1) is 0 Å². The van der Waals surface area contributed by atoms with E-state index in [9.17, 15) is 9.59 Å². The number of likely N-dealkylation sites (tertiary alicyclic amines) is 1. The van der Waals surface area contributed by atoms with E-state index in [1.54, 1.807) is 33.8 Å². The Morgan fingerprint density at radius 3 is 2.87 bits per heavy atom. The zero-order chi connectivity index (χ0) is 16.4. The second-order valence-electron chi connectivity index (χ2n) is 6.54. The Bertz CT molecular complexity index is 762. The molecular formula is C16H21N5O2. The van der Waals surface area contributed by atoms with Crippen LogP contribution in [0.3, 0.4) is 0 Å². The van der Waals surface area contributed by atoms with Crippen molar-refractivity contribution in [2.45, 2.75) is 45.3 Å². The molecule has 7 nitrogen and oxygen atoms in total. The molecule has 2 aromatic rings. The van der Waals surface area contributed by atoms with Gasteiger partial charge in [0.25, 0.3) is 5.56 Å². The largest absolute Gasteiger partial charge is 0.336 e. The summed E-state index contributed by atoms with van der Waals surface area (Å²) in [6, 6.07) is 5.00. The summed E-state index contributed by atoms with van der Waals surface area (Å²) in [6.07, 6.45) is 5.50. The van der Waals surface area contributed by atoms with E-state index in [1.165, 1.54) is 6.07 Å². The average molecular weight is 315 g/mol. The molecule has 0 spiro atoms. The van der Waals surface area contributed by atoms with Gasteiger partial charge in [-0.15, -0.1) is 5.10 Å². The monoisotopic (exact) mass is 315 g/mol. The van der Waals surface area contributed by atoms with Gasteiger partial charge in [0.15, 0.2) is 0 Å². The lowest BCUT2D eigenvalue weighted by Gasteiger charge is -2.31. The molecule has 1 saturated heterocycles. The summed E-state index contributed by atoms with van der Waals surface area (Å²) < 4.78 is 3.10. The molecule has 1 aliphatic rings. The maximum absolute atomic E-state index is 12.4. The fourth-order valence-electron chi connectivity index (χ4n) is 3.05. The molecule has 1 aliphatic heterocycles. The molecule has 0 N–H and O–H groups in total. The van der Waals surface area contributed by atoms with E-state index in [0.717, 1.165) is 19.4 Å². The van der Waals surface area contributed by atoms with E-state index in [2.05, 4.69) is 24.2 Å². The van der Waals surface area contributed by atoms with E-state index < -0.39 is 0 Å². The highest BCUT2D eigenvalue weighted by atomic mass is 16.2. The molecule has 122 valence electrons. The van der Waals surface area contributed by atoms with Gasteiger partial charge in [0.2, 0.25) is 5.91 Å². The number of carbonyl (C=O) groups excluding carboxylic acids is 1. The fourth-order valence-corrected chi connectivity index (χ4v) is 3.05. The van der Waals surface area contributed by atoms with Crippen molar-refractivity contribution in [2.24, 2.45) is 0 Å². The molecule has 0 atom stereocenters. The van der Waals surface area contributed by atoms with Gasteiger partial charge in [-0.25, -0.2) is 4.68 Å². The summed E-state index contributed by atoms with van der Waals surface area (Å²) in [5.41, 5.74) is 0.487. The molecule has 1 fully saturated rings. The van der Waals surface area contributed by atoms with Gasteiger partial charge in [0.05, 0.1) is 12.7 Å². The van der Waals surface area contributed by atoms with Crippen LogP contribution in [0.15, 0.2) is 35.4 Å². The lowest BCUT2D eigenvalue weighted by molar-refractivity contribution is -0.135. The standard InChI is InChI=1S/C16H21N5O2/c1-16(2)7-5-9-21(16)15(23)12-20-11-13(17-18-20)10-19-8-4-3-6-14(19)22/h3-4,6,8,11H,5,7,9-10,12H2,1-2H3. The minimum absolute atomic E-state index is 0.0563. The Hall–Kier alpha value is -2.44. The first-order valence-electron chi connectivity index (χ1n) is 7.81. The van der Waals surface area contributed by atoms with E-state index in [-0.39, 0.29) is 23.6 Å². The van der Waals surface area contributed by atoms with E-state index >= 15 is 0 Å². The molecule has 7 heteroatoms. The van der Waals surface area contributed by atoms with Crippen molar-refractivity contribution in [3.63, 3.8) is 0 Å². The lowest BCUT2D eigenvalue weighted by atomic mass is 10.0. The van der Waals surface area contributed by atoms with Gasteiger partial charge in [-0.05, 0) is 32.8 Å². The summed E-state index contributed by atoms with van der Waals surface area (Å²) >= 11 is 0. The van der Waals surface area contributed by atoms with Crippen LogP contribution in [0.25, 0.3) is 0 Å². The number of hydrogen-bond donors (Lipinski definition) is 0. The molecule has 0 bridgehead atoms. The van der Waals surface area contributed by atoms with Gasteiger partial charge in [0.1, 0.15) is 12.2 Å². The van der Waals surface area contributed by atoms with Crippen LogP contribution in [0.4, 0.5) is 0 Å². The topological polar surface area (TPSA) is 73.0 Å². The van der Waals surface area contributed by atoms with Crippen LogP contribution in [0.5, 0.6) is 0 Å². The number of amides is 1. The Morgan fingerprint density at radius 1 is 1.35 bits per heavy atom. The van der Waals surface area contributed by atoms with Crippen LogP contribution >= 0.6 is 0 Å². The third kappa shape index (κ3) is 3.33. The van der Waals surface area contributed by atoms with Crippen LogP contribution in [0.1, 0.15) is 32.4 Å². The molecule has 0 aliphatic carbocycles. The zero-order valence-corrected chi connectivity index (χ0v) is 13.5. The van der Waals surface area contributed by atoms with Gasteiger partial charge < -0.3 is 9.47 Å². The fraction of sp³-hybridized carbons (Fsp3) is 0.500. The van der Waals surface area contributed by atoms with Gasteiger partial charge in [-0.1, -0.05) is 11.3 Å². The third-order valence-electron chi connectivity index (χ3n) is 4.32. The van der Waals surface area contributed by atoms with Crippen molar-refractivity contribution in [1.29, 1.82) is 0 Å². The number of carbonyl (C=O) groups is 1. The predicted octanol–water partition coefficient (Wildman–Crippen LogP) is 0.889. The highest BCUT2D eigenvalue weighted by Gasteiger charge is 2.35. The number of hydrogen-bond acceptors (Lipinski definition) is 4. The van der Waals surface area contributed by atoms with Crippen LogP contribution in [-0.4, -0.2) is 42.5 Å². The van der Waals surface area contributed by atoms with Crippen molar-refractivity contribution >= 4 is 5.91 Å². The van der Waals surface area contributed by atoms with Crippen molar-refractivity contribution in [3.05, 3.63) is 46.6 Å². The SMILES string of the molecule is CC1(C)CCCN1C(=O)Cn1cc(Cn2ccccc2=O)nn1. The first-order valence-corrected chi connectivity index (χ1v) is 7.81. The first-order chi connectivity index (χ1) is 11.0. The number of rotatable bonds is 4. The highest BCUT2D eigenvalue weighted by molar-refractivity contribution is 5.77.